The molecule has 0 amide bonds. The molecule has 0 spiro atoms. The molecule has 0 atom stereocenters. The molecule has 0 radical (unpaired) electrons. The molecule has 0 saturated carbocycles. The fourth-order valence-corrected chi connectivity index (χ4v) is 2.36. The summed E-state index contributed by atoms with van der Waals surface area (Å²) in [7, 11) is 0. The van der Waals surface area contributed by atoms with E-state index in [0.29, 0.717) is 5.41 Å². The monoisotopic (exact) mass is 207 g/mol. The van der Waals surface area contributed by atoms with Crippen LogP contribution in [0.3, 0.4) is 0 Å². The highest BCUT2D eigenvalue weighted by atomic mass is 15.3. The number of rotatable bonds is 2. The van der Waals surface area contributed by atoms with Gasteiger partial charge in [0.25, 0.3) is 0 Å². The van der Waals surface area contributed by atoms with Crippen molar-refractivity contribution in [3.63, 3.8) is 0 Å². The van der Waals surface area contributed by atoms with E-state index in [1.807, 2.05) is 4.68 Å². The first-order chi connectivity index (χ1) is 7.03. The summed E-state index contributed by atoms with van der Waals surface area (Å²) in [5, 5.41) is 4.60. The molecule has 1 aromatic rings. The van der Waals surface area contributed by atoms with E-state index in [4.69, 9.17) is 5.73 Å². The van der Waals surface area contributed by atoms with Crippen LogP contribution in [-0.4, -0.2) is 9.78 Å². The Balaban J connectivity index is 2.34. The molecule has 0 unspecified atom stereocenters. The van der Waals surface area contributed by atoms with Gasteiger partial charge < -0.3 is 5.73 Å². The molecule has 15 heavy (non-hydrogen) atoms. The van der Waals surface area contributed by atoms with Crippen LogP contribution in [0.25, 0.3) is 0 Å². The summed E-state index contributed by atoms with van der Waals surface area (Å²) in [6.45, 7) is 7.72. The zero-order chi connectivity index (χ0) is 11.1. The second kappa shape index (κ2) is 3.54. The van der Waals surface area contributed by atoms with Crippen LogP contribution in [0.4, 0.5) is 5.82 Å². The number of nitrogen functional groups attached to an aromatic ring is 1. The van der Waals surface area contributed by atoms with Gasteiger partial charge in [0.05, 0.1) is 5.69 Å². The molecule has 3 heteroatoms. The van der Waals surface area contributed by atoms with Gasteiger partial charge in [-0.15, -0.1) is 0 Å². The van der Waals surface area contributed by atoms with Gasteiger partial charge in [-0.25, -0.2) is 4.68 Å². The molecular formula is C12H21N3. The Labute approximate surface area is 91.7 Å². The molecule has 0 bridgehead atoms. The molecule has 2 rings (SSSR count). The van der Waals surface area contributed by atoms with E-state index in [0.717, 1.165) is 31.6 Å². The first-order valence-corrected chi connectivity index (χ1v) is 5.87. The summed E-state index contributed by atoms with van der Waals surface area (Å²) in [6.07, 6.45) is 4.48. The van der Waals surface area contributed by atoms with Crippen molar-refractivity contribution in [2.45, 2.75) is 53.0 Å². The Hall–Kier alpha value is -0.990. The van der Waals surface area contributed by atoms with Crippen molar-refractivity contribution >= 4 is 5.82 Å². The van der Waals surface area contributed by atoms with Crippen molar-refractivity contribution < 1.29 is 0 Å². The zero-order valence-corrected chi connectivity index (χ0v) is 10.0. The quantitative estimate of drug-likeness (QED) is 0.809. The minimum absolute atomic E-state index is 0.390. The van der Waals surface area contributed by atoms with E-state index < -0.39 is 0 Å². The Bertz CT molecular complexity index is 363. The summed E-state index contributed by atoms with van der Waals surface area (Å²) in [4.78, 5) is 0. The fourth-order valence-electron chi connectivity index (χ4n) is 2.36. The van der Waals surface area contributed by atoms with E-state index >= 15 is 0 Å². The Kier molecular flexibility index (Phi) is 2.49. The average molecular weight is 207 g/mol. The van der Waals surface area contributed by atoms with Gasteiger partial charge in [-0.2, -0.15) is 5.10 Å². The van der Waals surface area contributed by atoms with Crippen molar-refractivity contribution in [1.29, 1.82) is 0 Å². The maximum atomic E-state index is 6.13. The van der Waals surface area contributed by atoms with Gasteiger partial charge in [0.1, 0.15) is 5.82 Å². The number of aryl methyl sites for hydroxylation is 2. The van der Waals surface area contributed by atoms with E-state index in [2.05, 4.69) is 25.9 Å². The lowest BCUT2D eigenvalue weighted by molar-refractivity contribution is 0.314. The van der Waals surface area contributed by atoms with E-state index in [9.17, 15) is 0 Å². The summed E-state index contributed by atoms with van der Waals surface area (Å²) in [5.74, 6) is 0.902. The molecule has 0 saturated heterocycles. The summed E-state index contributed by atoms with van der Waals surface area (Å²) in [5.41, 5.74) is 9.06. The average Bonchev–Trinajstić information content (AvgIpc) is 2.44. The third-order valence-electron chi connectivity index (χ3n) is 3.31. The van der Waals surface area contributed by atoms with Crippen LogP contribution >= 0.6 is 0 Å². The predicted octanol–water partition coefficient (Wildman–Crippen LogP) is 2.39. The van der Waals surface area contributed by atoms with Crippen molar-refractivity contribution in [2.24, 2.45) is 5.41 Å². The highest BCUT2D eigenvalue weighted by Crippen LogP contribution is 2.36. The lowest BCUT2D eigenvalue weighted by Gasteiger charge is -2.28. The van der Waals surface area contributed by atoms with Crippen LogP contribution < -0.4 is 5.73 Å². The highest BCUT2D eigenvalue weighted by Gasteiger charge is 2.29. The van der Waals surface area contributed by atoms with E-state index in [1.165, 1.54) is 17.7 Å². The smallest absolute Gasteiger partial charge is 0.125 e. The zero-order valence-electron chi connectivity index (χ0n) is 10.0. The highest BCUT2D eigenvalue weighted by molar-refractivity contribution is 5.45. The maximum absolute atomic E-state index is 6.13. The van der Waals surface area contributed by atoms with Crippen LogP contribution in [0.5, 0.6) is 0 Å². The van der Waals surface area contributed by atoms with Crippen molar-refractivity contribution in [1.82, 2.24) is 9.78 Å². The van der Waals surface area contributed by atoms with Gasteiger partial charge in [0.15, 0.2) is 0 Å². The SMILES string of the molecule is CCCn1nc2c(c1N)CC(C)(C)CC2. The molecule has 1 heterocycles. The summed E-state index contributed by atoms with van der Waals surface area (Å²) in [6, 6.07) is 0. The molecule has 0 fully saturated rings. The molecule has 1 aromatic heterocycles. The minimum Gasteiger partial charge on any atom is -0.384 e. The number of nitrogens with zero attached hydrogens (tertiary/aromatic N) is 2. The molecule has 84 valence electrons. The van der Waals surface area contributed by atoms with Gasteiger partial charge in [-0.05, 0) is 31.1 Å². The van der Waals surface area contributed by atoms with Gasteiger partial charge in [0, 0.05) is 12.1 Å². The number of fused-ring (bicyclic) bond motifs is 1. The van der Waals surface area contributed by atoms with Gasteiger partial charge in [-0.3, -0.25) is 0 Å². The standard InChI is InChI=1S/C12H21N3/c1-4-7-15-11(13)9-8-12(2,3)6-5-10(9)14-15/h4-8,13H2,1-3H3. The maximum Gasteiger partial charge on any atom is 0.125 e. The van der Waals surface area contributed by atoms with E-state index in [-0.39, 0.29) is 0 Å². The predicted molar refractivity (Wildman–Crippen MR) is 62.7 cm³/mol. The number of hydrogen-bond donors (Lipinski definition) is 1. The van der Waals surface area contributed by atoms with Crippen LogP contribution in [0, 0.1) is 5.41 Å². The summed E-state index contributed by atoms with van der Waals surface area (Å²) < 4.78 is 1.98. The van der Waals surface area contributed by atoms with Crippen molar-refractivity contribution in [2.75, 3.05) is 5.73 Å². The molecule has 2 N–H and O–H groups in total. The third kappa shape index (κ3) is 1.87. The molecule has 1 aliphatic rings. The normalized spacial score (nSPS) is 18.9. The van der Waals surface area contributed by atoms with Gasteiger partial charge in [-0.1, -0.05) is 20.8 Å². The molecule has 0 aromatic carbocycles. The second-order valence-electron chi connectivity index (χ2n) is 5.37. The fraction of sp³-hybridized carbons (Fsp3) is 0.750. The van der Waals surface area contributed by atoms with Crippen LogP contribution in [-0.2, 0) is 19.4 Å². The number of anilines is 1. The number of nitrogens with two attached hydrogens (primary N) is 1. The minimum atomic E-state index is 0.390. The number of hydrogen-bond acceptors (Lipinski definition) is 2. The first-order valence-electron chi connectivity index (χ1n) is 5.87. The van der Waals surface area contributed by atoms with Crippen LogP contribution in [0.2, 0.25) is 0 Å². The van der Waals surface area contributed by atoms with Crippen molar-refractivity contribution in [3.05, 3.63) is 11.3 Å². The lowest BCUT2D eigenvalue weighted by Crippen LogP contribution is -2.22. The van der Waals surface area contributed by atoms with Gasteiger partial charge in [0.2, 0.25) is 0 Å². The Morgan fingerprint density at radius 1 is 1.47 bits per heavy atom. The number of aromatic nitrogens is 2. The van der Waals surface area contributed by atoms with Crippen LogP contribution in [0.1, 0.15) is 44.9 Å². The molecule has 3 nitrogen and oxygen atoms in total. The molecule has 0 aliphatic heterocycles. The van der Waals surface area contributed by atoms with Crippen LogP contribution in [0.15, 0.2) is 0 Å². The molecule has 1 aliphatic carbocycles. The second-order valence-corrected chi connectivity index (χ2v) is 5.37. The lowest BCUT2D eigenvalue weighted by atomic mass is 9.76. The van der Waals surface area contributed by atoms with Crippen molar-refractivity contribution in [3.8, 4) is 0 Å². The van der Waals surface area contributed by atoms with E-state index in [1.54, 1.807) is 0 Å². The largest absolute Gasteiger partial charge is 0.384 e. The first kappa shape index (κ1) is 10.5. The summed E-state index contributed by atoms with van der Waals surface area (Å²) >= 11 is 0. The third-order valence-corrected chi connectivity index (χ3v) is 3.31. The molecular weight excluding hydrogens is 186 g/mol. The Morgan fingerprint density at radius 3 is 2.87 bits per heavy atom. The van der Waals surface area contributed by atoms with Gasteiger partial charge >= 0.3 is 0 Å². The topological polar surface area (TPSA) is 43.8 Å². The Morgan fingerprint density at radius 2 is 2.20 bits per heavy atom.